The summed E-state index contributed by atoms with van der Waals surface area (Å²) in [6.07, 6.45) is -0.570. The topological polar surface area (TPSA) is 90.9 Å². The van der Waals surface area contributed by atoms with Gasteiger partial charge in [0.25, 0.3) is 5.91 Å². The van der Waals surface area contributed by atoms with Crippen molar-refractivity contribution in [3.05, 3.63) is 65.7 Å². The number of rotatable bonds is 7. The van der Waals surface area contributed by atoms with Gasteiger partial charge in [0.05, 0.1) is 6.61 Å². The Morgan fingerprint density at radius 3 is 2.17 bits per heavy atom. The highest BCUT2D eigenvalue weighted by Gasteiger charge is 2.23. The molecule has 2 aromatic carbocycles. The highest BCUT2D eigenvalue weighted by atomic mass is 16.7. The predicted molar refractivity (Wildman–Crippen MR) is 111 cm³/mol. The summed E-state index contributed by atoms with van der Waals surface area (Å²) < 4.78 is 15.3. The molecule has 0 aromatic heterocycles. The first-order valence-electron chi connectivity index (χ1n) is 9.70. The molecule has 160 valence electrons. The molecular weight excluding hydrogens is 386 g/mol. The first-order valence-corrected chi connectivity index (χ1v) is 9.70. The third-order valence-electron chi connectivity index (χ3n) is 3.87. The van der Waals surface area contributed by atoms with Crippen LogP contribution >= 0.6 is 0 Å². The van der Waals surface area contributed by atoms with Crippen molar-refractivity contribution in [3.63, 3.8) is 0 Å². The van der Waals surface area contributed by atoms with Gasteiger partial charge in [-0.1, -0.05) is 30.3 Å². The van der Waals surface area contributed by atoms with Crippen LogP contribution in [0.25, 0.3) is 0 Å². The summed E-state index contributed by atoms with van der Waals surface area (Å²) in [7, 11) is 0. The molecular formula is C23H27NO6. The largest absolute Gasteiger partial charge is 0.514 e. The molecule has 2 aromatic rings. The van der Waals surface area contributed by atoms with Gasteiger partial charge in [-0.25, -0.2) is 9.59 Å². The SMILES string of the molecule is CCOC(=O)[C@H](Cc1ccc(OC(=O)OC(C)(C)C)cc1)NC(=O)c1ccccc1. The minimum atomic E-state index is -0.852. The number of benzene rings is 2. The average Bonchev–Trinajstić information content (AvgIpc) is 2.68. The van der Waals surface area contributed by atoms with Gasteiger partial charge >= 0.3 is 12.1 Å². The minimum absolute atomic E-state index is 0.208. The fourth-order valence-corrected chi connectivity index (χ4v) is 2.56. The molecule has 0 aliphatic rings. The molecule has 0 saturated carbocycles. The normalized spacial score (nSPS) is 11.9. The van der Waals surface area contributed by atoms with Gasteiger partial charge in [0, 0.05) is 12.0 Å². The van der Waals surface area contributed by atoms with E-state index in [1.165, 1.54) is 0 Å². The number of hydrogen-bond acceptors (Lipinski definition) is 6. The van der Waals surface area contributed by atoms with Gasteiger partial charge in [-0.05, 0) is 57.5 Å². The van der Waals surface area contributed by atoms with Crippen LogP contribution in [0, 0.1) is 0 Å². The molecule has 1 N–H and O–H groups in total. The van der Waals surface area contributed by atoms with Crippen molar-refractivity contribution in [1.82, 2.24) is 5.32 Å². The summed E-state index contributed by atoms with van der Waals surface area (Å²) in [4.78, 5) is 36.5. The van der Waals surface area contributed by atoms with E-state index in [1.807, 2.05) is 0 Å². The molecule has 0 aliphatic heterocycles. The van der Waals surface area contributed by atoms with Gasteiger partial charge in [0.2, 0.25) is 0 Å². The van der Waals surface area contributed by atoms with Gasteiger partial charge in [0.15, 0.2) is 0 Å². The number of amides is 1. The molecule has 0 fully saturated rings. The van der Waals surface area contributed by atoms with Crippen molar-refractivity contribution in [3.8, 4) is 5.75 Å². The first kappa shape index (κ1) is 22.9. The fraction of sp³-hybridized carbons (Fsp3) is 0.348. The van der Waals surface area contributed by atoms with Crippen molar-refractivity contribution in [1.29, 1.82) is 0 Å². The Morgan fingerprint density at radius 1 is 0.967 bits per heavy atom. The van der Waals surface area contributed by atoms with Crippen LogP contribution < -0.4 is 10.1 Å². The molecule has 0 radical (unpaired) electrons. The van der Waals surface area contributed by atoms with E-state index in [0.717, 1.165) is 5.56 Å². The molecule has 1 atom stereocenters. The maximum atomic E-state index is 12.5. The lowest BCUT2D eigenvalue weighted by molar-refractivity contribution is -0.145. The second-order valence-electron chi connectivity index (χ2n) is 7.56. The van der Waals surface area contributed by atoms with Gasteiger partial charge < -0.3 is 19.5 Å². The van der Waals surface area contributed by atoms with Crippen LogP contribution in [0.1, 0.15) is 43.6 Å². The lowest BCUT2D eigenvalue weighted by Gasteiger charge is -2.19. The Balaban J connectivity index is 2.05. The van der Waals surface area contributed by atoms with Gasteiger partial charge in [-0.15, -0.1) is 0 Å². The minimum Gasteiger partial charge on any atom is -0.464 e. The van der Waals surface area contributed by atoms with Crippen LogP contribution in [0.3, 0.4) is 0 Å². The lowest BCUT2D eigenvalue weighted by Crippen LogP contribution is -2.43. The van der Waals surface area contributed by atoms with Crippen LogP contribution in [0.5, 0.6) is 5.75 Å². The van der Waals surface area contributed by atoms with Crippen molar-refractivity contribution >= 4 is 18.0 Å². The Bertz CT molecular complexity index is 856. The molecule has 1 amide bonds. The highest BCUT2D eigenvalue weighted by Crippen LogP contribution is 2.17. The van der Waals surface area contributed by atoms with Crippen molar-refractivity contribution in [2.45, 2.75) is 45.8 Å². The summed E-state index contributed by atoms with van der Waals surface area (Å²) in [6, 6.07) is 14.4. The zero-order valence-electron chi connectivity index (χ0n) is 17.6. The summed E-state index contributed by atoms with van der Waals surface area (Å²) in [6.45, 7) is 7.15. The summed E-state index contributed by atoms with van der Waals surface area (Å²) >= 11 is 0. The monoisotopic (exact) mass is 413 g/mol. The Labute approximate surface area is 176 Å². The molecule has 0 aliphatic carbocycles. The Kier molecular flexibility index (Phi) is 7.98. The smallest absolute Gasteiger partial charge is 0.464 e. The van der Waals surface area contributed by atoms with Crippen molar-refractivity contribution in [2.75, 3.05) is 6.61 Å². The number of esters is 1. The molecule has 0 bridgehead atoms. The van der Waals surface area contributed by atoms with E-state index >= 15 is 0 Å². The van der Waals surface area contributed by atoms with Crippen molar-refractivity contribution < 1.29 is 28.6 Å². The molecule has 0 heterocycles. The standard InChI is InChI=1S/C23H27NO6/c1-5-28-21(26)19(24-20(25)17-9-7-6-8-10-17)15-16-11-13-18(14-12-16)29-22(27)30-23(2,3)4/h6-14,19H,5,15H2,1-4H3,(H,24,25)/t19-/m0/s1. The van der Waals surface area contributed by atoms with Gasteiger partial charge in [0.1, 0.15) is 17.4 Å². The maximum absolute atomic E-state index is 12.5. The van der Waals surface area contributed by atoms with E-state index in [1.54, 1.807) is 82.3 Å². The lowest BCUT2D eigenvalue weighted by atomic mass is 10.0. The van der Waals surface area contributed by atoms with Crippen molar-refractivity contribution in [2.24, 2.45) is 0 Å². The quantitative estimate of drug-likeness (QED) is 0.547. The molecule has 7 heteroatoms. The predicted octanol–water partition coefficient (Wildman–Crippen LogP) is 3.90. The Hall–Kier alpha value is -3.35. The second kappa shape index (κ2) is 10.4. The average molecular weight is 413 g/mol. The molecule has 30 heavy (non-hydrogen) atoms. The number of ether oxygens (including phenoxy) is 3. The molecule has 2 rings (SSSR count). The third-order valence-corrected chi connectivity index (χ3v) is 3.87. The van der Waals surface area contributed by atoms with E-state index in [2.05, 4.69) is 5.32 Å². The molecule has 0 unspecified atom stereocenters. The molecule has 7 nitrogen and oxygen atoms in total. The highest BCUT2D eigenvalue weighted by molar-refractivity contribution is 5.96. The van der Waals surface area contributed by atoms with E-state index in [-0.39, 0.29) is 18.9 Å². The number of hydrogen-bond donors (Lipinski definition) is 1. The van der Waals surface area contributed by atoms with E-state index < -0.39 is 23.8 Å². The zero-order valence-corrected chi connectivity index (χ0v) is 17.6. The summed E-state index contributed by atoms with van der Waals surface area (Å²) in [5.41, 5.74) is 0.562. The zero-order chi connectivity index (χ0) is 22.1. The Morgan fingerprint density at radius 2 is 1.60 bits per heavy atom. The number of nitrogens with one attached hydrogen (secondary N) is 1. The molecule has 0 saturated heterocycles. The van der Waals surface area contributed by atoms with Gasteiger partial charge in [-0.2, -0.15) is 0 Å². The van der Waals surface area contributed by atoms with Crippen LogP contribution in [-0.2, 0) is 20.7 Å². The second-order valence-corrected chi connectivity index (χ2v) is 7.56. The van der Waals surface area contributed by atoms with Crippen LogP contribution in [-0.4, -0.2) is 36.3 Å². The van der Waals surface area contributed by atoms with E-state index in [0.29, 0.717) is 11.3 Å². The van der Waals surface area contributed by atoms with Crippen LogP contribution in [0.2, 0.25) is 0 Å². The van der Waals surface area contributed by atoms with E-state index in [9.17, 15) is 14.4 Å². The van der Waals surface area contributed by atoms with Gasteiger partial charge in [-0.3, -0.25) is 4.79 Å². The maximum Gasteiger partial charge on any atom is 0.514 e. The molecule has 0 spiro atoms. The number of carbonyl (C=O) groups is 3. The fourth-order valence-electron chi connectivity index (χ4n) is 2.56. The first-order chi connectivity index (χ1) is 14.2. The third kappa shape index (κ3) is 7.58. The number of carbonyl (C=O) groups excluding carboxylic acids is 3. The van der Waals surface area contributed by atoms with E-state index in [4.69, 9.17) is 14.2 Å². The van der Waals surface area contributed by atoms with Crippen LogP contribution in [0.4, 0.5) is 4.79 Å². The summed E-state index contributed by atoms with van der Waals surface area (Å²) in [5, 5.41) is 2.72. The summed E-state index contributed by atoms with van der Waals surface area (Å²) in [5.74, 6) is -0.566. The van der Waals surface area contributed by atoms with Crippen LogP contribution in [0.15, 0.2) is 54.6 Å².